The molecule has 3 rings (SSSR count). The van der Waals surface area contributed by atoms with E-state index >= 15 is 0 Å². The normalized spacial score (nSPS) is 10.6. The highest BCUT2D eigenvalue weighted by atomic mass is 16.5. The predicted molar refractivity (Wildman–Crippen MR) is 111 cm³/mol. The summed E-state index contributed by atoms with van der Waals surface area (Å²) >= 11 is 0. The van der Waals surface area contributed by atoms with Crippen LogP contribution >= 0.6 is 0 Å². The first-order valence-corrected chi connectivity index (χ1v) is 9.08. The number of carbonyl (C=O) groups is 1. The number of carbonyl (C=O) groups excluding carboxylic acids is 1. The summed E-state index contributed by atoms with van der Waals surface area (Å²) in [6.07, 6.45) is 3.30. The number of hydrogen-bond acceptors (Lipinski definition) is 3. The van der Waals surface area contributed by atoms with Crippen molar-refractivity contribution in [2.45, 2.75) is 13.2 Å². The van der Waals surface area contributed by atoms with Gasteiger partial charge in [-0.1, -0.05) is 54.6 Å². The van der Waals surface area contributed by atoms with E-state index in [9.17, 15) is 4.79 Å². The van der Waals surface area contributed by atoms with Crippen molar-refractivity contribution in [2.24, 2.45) is 0 Å². The van der Waals surface area contributed by atoms with Crippen LogP contribution in [0.15, 0.2) is 84.9 Å². The lowest BCUT2D eigenvalue weighted by Gasteiger charge is -2.07. The second-order valence-corrected chi connectivity index (χ2v) is 6.25. The van der Waals surface area contributed by atoms with Crippen molar-refractivity contribution in [1.29, 1.82) is 0 Å². The SMILES string of the molecule is COc1ccc(CNC(=O)/C=C/c2cccc(OCc3ccccc3)c2)cc1. The lowest BCUT2D eigenvalue weighted by Crippen LogP contribution is -2.20. The van der Waals surface area contributed by atoms with E-state index in [1.54, 1.807) is 13.2 Å². The molecule has 28 heavy (non-hydrogen) atoms. The standard InChI is InChI=1S/C24H23NO3/c1-27-22-13-10-20(11-14-22)17-25-24(26)15-12-19-8-5-9-23(16-19)28-18-21-6-3-2-4-7-21/h2-16H,17-18H2,1H3,(H,25,26)/b15-12+. The molecule has 1 N–H and O–H groups in total. The minimum Gasteiger partial charge on any atom is -0.497 e. The molecule has 0 aliphatic heterocycles. The number of methoxy groups -OCH3 is 1. The zero-order chi connectivity index (χ0) is 19.6. The quantitative estimate of drug-likeness (QED) is 0.587. The monoisotopic (exact) mass is 373 g/mol. The lowest BCUT2D eigenvalue weighted by molar-refractivity contribution is -0.116. The Hall–Kier alpha value is -3.53. The Balaban J connectivity index is 1.50. The highest BCUT2D eigenvalue weighted by Gasteiger charge is 2.00. The second kappa shape index (κ2) is 9.97. The number of amides is 1. The van der Waals surface area contributed by atoms with Gasteiger partial charge in [-0.3, -0.25) is 4.79 Å². The molecular weight excluding hydrogens is 350 g/mol. The fourth-order valence-electron chi connectivity index (χ4n) is 2.61. The molecule has 1 amide bonds. The van der Waals surface area contributed by atoms with Crippen molar-refractivity contribution >= 4 is 12.0 Å². The first kappa shape index (κ1) is 19.2. The molecule has 142 valence electrons. The van der Waals surface area contributed by atoms with Crippen LogP contribution in [-0.2, 0) is 17.9 Å². The average molecular weight is 373 g/mol. The number of ether oxygens (including phenoxy) is 2. The maximum Gasteiger partial charge on any atom is 0.244 e. The Bertz CT molecular complexity index is 918. The summed E-state index contributed by atoms with van der Waals surface area (Å²) < 4.78 is 10.9. The molecule has 0 atom stereocenters. The predicted octanol–water partition coefficient (Wildman–Crippen LogP) is 4.60. The van der Waals surface area contributed by atoms with E-state index in [0.717, 1.165) is 28.2 Å². The van der Waals surface area contributed by atoms with Gasteiger partial charge in [-0.2, -0.15) is 0 Å². The molecule has 0 bridgehead atoms. The van der Waals surface area contributed by atoms with Crippen molar-refractivity contribution in [3.8, 4) is 11.5 Å². The molecule has 4 heteroatoms. The first-order chi connectivity index (χ1) is 13.7. The van der Waals surface area contributed by atoms with E-state index in [2.05, 4.69) is 5.32 Å². The molecular formula is C24H23NO3. The van der Waals surface area contributed by atoms with Gasteiger partial charge in [0.05, 0.1) is 7.11 Å². The summed E-state index contributed by atoms with van der Waals surface area (Å²) in [5.74, 6) is 1.42. The zero-order valence-corrected chi connectivity index (χ0v) is 15.8. The summed E-state index contributed by atoms with van der Waals surface area (Å²) in [5, 5.41) is 2.87. The third-order valence-electron chi connectivity index (χ3n) is 4.16. The number of hydrogen-bond donors (Lipinski definition) is 1. The van der Waals surface area contributed by atoms with Crippen LogP contribution in [0, 0.1) is 0 Å². The molecule has 0 spiro atoms. The van der Waals surface area contributed by atoms with Gasteiger partial charge >= 0.3 is 0 Å². The zero-order valence-electron chi connectivity index (χ0n) is 15.8. The van der Waals surface area contributed by atoms with Crippen molar-refractivity contribution < 1.29 is 14.3 Å². The largest absolute Gasteiger partial charge is 0.497 e. The molecule has 0 saturated heterocycles. The Labute approximate surface area is 165 Å². The van der Waals surface area contributed by atoms with Crippen LogP contribution in [0.2, 0.25) is 0 Å². The highest BCUT2D eigenvalue weighted by molar-refractivity contribution is 5.91. The summed E-state index contributed by atoms with van der Waals surface area (Å²) in [4.78, 5) is 12.1. The topological polar surface area (TPSA) is 47.6 Å². The van der Waals surface area contributed by atoms with Gasteiger partial charge in [-0.15, -0.1) is 0 Å². The Morgan fingerprint density at radius 3 is 2.43 bits per heavy atom. The van der Waals surface area contributed by atoms with Gasteiger partial charge in [0.25, 0.3) is 0 Å². The van der Waals surface area contributed by atoms with E-state index < -0.39 is 0 Å². The summed E-state index contributed by atoms with van der Waals surface area (Å²) in [5.41, 5.74) is 3.03. The van der Waals surface area contributed by atoms with Crippen LogP contribution < -0.4 is 14.8 Å². The van der Waals surface area contributed by atoms with Gasteiger partial charge in [-0.05, 0) is 47.0 Å². The molecule has 0 saturated carbocycles. The molecule has 0 unspecified atom stereocenters. The number of benzene rings is 3. The van der Waals surface area contributed by atoms with Crippen LogP contribution in [0.4, 0.5) is 0 Å². The molecule has 0 aliphatic rings. The first-order valence-electron chi connectivity index (χ1n) is 9.08. The minimum absolute atomic E-state index is 0.147. The van der Waals surface area contributed by atoms with Crippen LogP contribution in [0.3, 0.4) is 0 Å². The molecule has 3 aromatic carbocycles. The van der Waals surface area contributed by atoms with Gasteiger partial charge in [0.1, 0.15) is 18.1 Å². The van der Waals surface area contributed by atoms with E-state index in [1.807, 2.05) is 78.9 Å². The van der Waals surface area contributed by atoms with Gasteiger partial charge in [0, 0.05) is 12.6 Å². The maximum atomic E-state index is 12.1. The molecule has 0 heterocycles. The fourth-order valence-corrected chi connectivity index (χ4v) is 2.61. The van der Waals surface area contributed by atoms with Crippen LogP contribution in [0.1, 0.15) is 16.7 Å². The van der Waals surface area contributed by atoms with E-state index in [1.165, 1.54) is 6.08 Å². The third kappa shape index (κ3) is 6.02. The van der Waals surface area contributed by atoms with Crippen LogP contribution in [0.25, 0.3) is 6.08 Å². The fraction of sp³-hybridized carbons (Fsp3) is 0.125. The third-order valence-corrected chi connectivity index (χ3v) is 4.16. The van der Waals surface area contributed by atoms with Gasteiger partial charge in [0.15, 0.2) is 0 Å². The van der Waals surface area contributed by atoms with E-state index in [4.69, 9.17) is 9.47 Å². The van der Waals surface area contributed by atoms with Crippen LogP contribution in [-0.4, -0.2) is 13.0 Å². The lowest BCUT2D eigenvalue weighted by atomic mass is 10.2. The van der Waals surface area contributed by atoms with Gasteiger partial charge < -0.3 is 14.8 Å². The van der Waals surface area contributed by atoms with Crippen molar-refractivity contribution in [3.63, 3.8) is 0 Å². The van der Waals surface area contributed by atoms with Crippen molar-refractivity contribution in [3.05, 3.63) is 102 Å². The minimum atomic E-state index is -0.147. The number of nitrogens with one attached hydrogen (secondary N) is 1. The van der Waals surface area contributed by atoms with Crippen molar-refractivity contribution in [1.82, 2.24) is 5.32 Å². The molecule has 0 aliphatic carbocycles. The van der Waals surface area contributed by atoms with Gasteiger partial charge in [0.2, 0.25) is 5.91 Å². The summed E-state index contributed by atoms with van der Waals surface area (Å²) in [7, 11) is 1.63. The van der Waals surface area contributed by atoms with E-state index in [-0.39, 0.29) is 5.91 Å². The Kier molecular flexibility index (Phi) is 6.85. The average Bonchev–Trinajstić information content (AvgIpc) is 2.76. The smallest absolute Gasteiger partial charge is 0.244 e. The molecule has 0 aromatic heterocycles. The number of rotatable bonds is 8. The maximum absolute atomic E-state index is 12.1. The highest BCUT2D eigenvalue weighted by Crippen LogP contribution is 2.16. The Morgan fingerprint density at radius 1 is 0.893 bits per heavy atom. The summed E-state index contributed by atoms with van der Waals surface area (Å²) in [6.45, 7) is 0.976. The Morgan fingerprint density at radius 2 is 1.68 bits per heavy atom. The summed E-state index contributed by atoms with van der Waals surface area (Å²) in [6, 6.07) is 25.3. The second-order valence-electron chi connectivity index (χ2n) is 6.25. The molecule has 0 fully saturated rings. The molecule has 0 radical (unpaired) electrons. The van der Waals surface area contributed by atoms with E-state index in [0.29, 0.717) is 13.2 Å². The van der Waals surface area contributed by atoms with Crippen molar-refractivity contribution in [2.75, 3.05) is 7.11 Å². The molecule has 4 nitrogen and oxygen atoms in total. The van der Waals surface area contributed by atoms with Crippen LogP contribution in [0.5, 0.6) is 11.5 Å². The van der Waals surface area contributed by atoms with Gasteiger partial charge in [-0.25, -0.2) is 0 Å². The molecule has 3 aromatic rings.